The predicted molar refractivity (Wildman–Crippen MR) is 437 cm³/mol. The normalized spacial score (nSPS) is 11.5. The number of carboxylic acids is 2. The van der Waals surface area contributed by atoms with Crippen molar-refractivity contribution in [3.63, 3.8) is 0 Å². The van der Waals surface area contributed by atoms with Gasteiger partial charge in [0.05, 0.1) is 71.3 Å². The zero-order valence-electron chi connectivity index (χ0n) is 69.0. The van der Waals surface area contributed by atoms with Crippen LogP contribution in [0.2, 0.25) is 0 Å². The minimum Gasteiger partial charge on any atom is -0.542 e. The van der Waals surface area contributed by atoms with Crippen molar-refractivity contribution < 1.29 is 119 Å². The molecule has 0 aliphatic carbocycles. The van der Waals surface area contributed by atoms with Gasteiger partial charge < -0.3 is 135 Å². The maximum Gasteiger partial charge on any atom is 0.430 e. The van der Waals surface area contributed by atoms with Crippen LogP contribution >= 0.6 is 0 Å². The number of rotatable bonds is 37. The van der Waals surface area contributed by atoms with E-state index in [0.717, 1.165) is 40.5 Å². The zero-order valence-corrected chi connectivity index (χ0v) is 69.0. The highest BCUT2D eigenvalue weighted by Gasteiger charge is 2.31. The highest BCUT2D eigenvalue weighted by molar-refractivity contribution is 6.11. The van der Waals surface area contributed by atoms with Crippen LogP contribution in [0.4, 0.5) is 72.1 Å². The number of ether oxygens (including phenoxy) is 3. The molecule has 0 fully saturated rings. The van der Waals surface area contributed by atoms with Crippen LogP contribution in [0.25, 0.3) is 21.8 Å². The molecule has 0 saturated heterocycles. The molecule has 9 heterocycles. The summed E-state index contributed by atoms with van der Waals surface area (Å²) in [5.41, 5.74) is 9.67. The van der Waals surface area contributed by atoms with E-state index in [-0.39, 0.29) is 101 Å². The second-order valence-electron chi connectivity index (χ2n) is 28.1. The van der Waals surface area contributed by atoms with Crippen LogP contribution in [0.1, 0.15) is 110 Å². The summed E-state index contributed by atoms with van der Waals surface area (Å²) in [6, 6.07) is 23.1. The number of aliphatic carboxylic acids is 2. The fourth-order valence-corrected chi connectivity index (χ4v) is 12.2. The number of para-hydroxylation sites is 2. The molecule has 0 radical (unpaired) electrons. The Hall–Kier alpha value is -15.0. The van der Waals surface area contributed by atoms with Crippen molar-refractivity contribution in [1.29, 1.82) is 0 Å². The number of carbonyl (C=O) groups is 12. The van der Waals surface area contributed by atoms with Crippen molar-refractivity contribution in [2.75, 3.05) is 108 Å². The highest BCUT2D eigenvalue weighted by atomic mass is 19.4. The first-order valence-electron chi connectivity index (χ1n) is 38.3. The minimum absolute atomic E-state index is 0.0425. The number of hydrogen-bond donors (Lipinski definition) is 12. The van der Waals surface area contributed by atoms with Crippen molar-refractivity contribution in [3.05, 3.63) is 181 Å². The van der Waals surface area contributed by atoms with E-state index in [4.69, 9.17) is 34.0 Å². The summed E-state index contributed by atoms with van der Waals surface area (Å²) >= 11 is 0. The summed E-state index contributed by atoms with van der Waals surface area (Å²) in [4.78, 5) is 166. The van der Waals surface area contributed by atoms with Gasteiger partial charge in [0.25, 0.3) is 53.2 Å². The molecular formula is C79H90F6N24O17. The van der Waals surface area contributed by atoms with Crippen LogP contribution in [0.3, 0.4) is 0 Å². The Morgan fingerprint density at radius 1 is 0.421 bits per heavy atom. The van der Waals surface area contributed by atoms with Gasteiger partial charge in [0.15, 0.2) is 23.5 Å². The number of nitrogens with one attached hydrogen (secondary N) is 12. The third kappa shape index (κ3) is 26.5. The minimum atomic E-state index is -5.19. The topological polar surface area (TPSA) is 531 Å². The second kappa shape index (κ2) is 43.2. The molecule has 2 aromatic carbocycles. The zero-order chi connectivity index (χ0) is 91.9. The van der Waals surface area contributed by atoms with E-state index in [2.05, 4.69) is 108 Å². The number of pyridine rings is 1. The maximum atomic E-state index is 13.6. The van der Waals surface area contributed by atoms with Gasteiger partial charge in [0.1, 0.15) is 40.4 Å². The number of carbonyl (C=O) groups excluding carboxylic acids is 12. The maximum absolute atomic E-state index is 13.6. The molecule has 0 bridgehead atoms. The molecule has 0 aliphatic rings. The Bertz CT molecular complexity index is 5730. The summed E-state index contributed by atoms with van der Waals surface area (Å²) in [5.74, 6) is -10.9. The summed E-state index contributed by atoms with van der Waals surface area (Å²) in [7, 11) is 12.9. The lowest BCUT2D eigenvalue weighted by atomic mass is 10.1. The van der Waals surface area contributed by atoms with Gasteiger partial charge in [0.2, 0.25) is 28.6 Å². The first kappa shape index (κ1) is 94.8. The molecule has 41 nitrogen and oxygen atoms in total. The highest BCUT2D eigenvalue weighted by Crippen LogP contribution is 2.29. The Balaban J connectivity index is 0.00000118. The molecule has 1 atom stereocenters. The number of amides is 10. The molecule has 10 amide bonds. The van der Waals surface area contributed by atoms with Gasteiger partial charge in [-0.25, -0.2) is 19.9 Å². The Labute approximate surface area is 711 Å². The monoisotopic (exact) mass is 1760 g/mol. The average Bonchev–Trinajstić information content (AvgIpc) is 1.61. The van der Waals surface area contributed by atoms with Crippen LogP contribution in [-0.2, 0) is 89.8 Å². The number of nitrogens with zero attached hydrogens (tertiary/aromatic N) is 11. The molecule has 47 heteroatoms. The van der Waals surface area contributed by atoms with Gasteiger partial charge in [0, 0.05) is 177 Å². The Morgan fingerprint density at radius 3 is 1.18 bits per heavy atom. The van der Waals surface area contributed by atoms with E-state index in [1.54, 1.807) is 91.9 Å². The van der Waals surface area contributed by atoms with Gasteiger partial charge in [-0.1, -0.05) is 24.3 Å². The average molecular weight is 1760 g/mol. The predicted octanol–water partition coefficient (Wildman–Crippen LogP) is 2.36. The number of quaternary nitrogens is 1. The number of halogens is 6. The number of aryl methyl sites for hydroxylation is 8. The Kier molecular flexibility index (Phi) is 32.5. The van der Waals surface area contributed by atoms with E-state index >= 15 is 0 Å². The number of hydrogen-bond acceptors (Lipinski definition) is 21. The van der Waals surface area contributed by atoms with Gasteiger partial charge in [-0.15, -0.1) is 0 Å². The Morgan fingerprint density at radius 2 is 0.778 bits per heavy atom. The summed E-state index contributed by atoms with van der Waals surface area (Å²) in [5, 5.41) is 50.9. The fourth-order valence-electron chi connectivity index (χ4n) is 12.2. The van der Waals surface area contributed by atoms with Crippen LogP contribution in [0, 0.1) is 0 Å². The number of benzene rings is 2. The van der Waals surface area contributed by atoms with Gasteiger partial charge in [-0.3, -0.25) is 47.9 Å². The number of alkyl halides is 6. The van der Waals surface area contributed by atoms with Crippen LogP contribution in [-0.4, -0.2) is 207 Å². The number of anilines is 8. The lowest BCUT2D eigenvalue weighted by molar-refractivity contribution is -0.403. The molecule has 0 saturated carbocycles. The molecule has 0 spiro atoms. The summed E-state index contributed by atoms with van der Waals surface area (Å²) in [6.07, 6.45) is 4.94. The molecule has 670 valence electrons. The van der Waals surface area contributed by atoms with E-state index in [0.29, 0.717) is 69.7 Å². The van der Waals surface area contributed by atoms with Crippen molar-refractivity contribution >= 4 is 139 Å². The summed E-state index contributed by atoms with van der Waals surface area (Å²) in [6.45, 7) is 4.10. The standard InChI is InChI=1S/C75H88N24O13.2C2HF3O2/c1-92-26-25-79-64(92)73(107)90-60-43-99(8)66(89-60)75(109)91-61-44-98(7)65(88-61)74(108)86-49-34-56(94(3)42-49)68(102)80-23-19-52(76)67(101)82-45-35-57(95(4)38-45)70(104)84-47-37-59(97(6)40-47)72(106)85-48-36-58(96(5)41-48)71(105)83-46-33-55(93(2)39-46)69(103)81-24-20-62(100)77-21-13-27-110-29-31-112-32-30-111-28-14-22-78-63-50-15-9-11-17-53(50)87-54-18-12-10-16-51(54)63;2*3-2(4,5)1(6)7/h9-12,15-18,25-26,33-44,52H,13-14,19-24,27-32,76H2,1-8H3,(H,77,100)(H,78,87)(H,80,102)(H,81,103)(H,82,101)(H,83,105)(H,84,104)(H,85,106)(H,86,108)(H,90,107)(H,91,109);2*(H,6,7)/t52-;;/m1../s1. The molecule has 9 aromatic heterocycles. The third-order valence-electron chi connectivity index (χ3n) is 18.4. The second-order valence-corrected chi connectivity index (χ2v) is 28.1. The molecule has 11 aromatic rings. The molecule has 11 rings (SSSR count). The number of carboxylic acid groups (broad SMARTS) is 2. The lowest BCUT2D eigenvalue weighted by Gasteiger charge is -2.11. The SMILES string of the molecule is Cn1cc(NC(=O)c2cc(NC(=O)c3cc(NC(=O)c4cc(NC(=O)[C@H]([NH3+])CCNC(=O)c5cc(NC(=O)c6nc(NC(=O)c7nc(NC(=O)c8nccn8C)cn7C)cn6C)cn5C)cn4C)cn3C)cn2C)cc1C(=O)NCCC(=O)NCCCOCCOCCOCCCNc1c2ccccc2[nH+]c2ccccc12.O=C([O-])C(F)(F)F.O=C([O-])C(F)(F)F. The first-order chi connectivity index (χ1) is 59.7. The van der Waals surface area contributed by atoms with E-state index < -0.39 is 83.5 Å². The number of imidazole rings is 3. The van der Waals surface area contributed by atoms with Crippen molar-refractivity contribution in [2.24, 2.45) is 56.4 Å². The van der Waals surface area contributed by atoms with E-state index in [9.17, 15) is 74.3 Å². The van der Waals surface area contributed by atoms with Crippen molar-refractivity contribution in [1.82, 2.24) is 67.4 Å². The molecule has 0 unspecified atom stereocenters. The number of aromatic nitrogens is 12. The summed E-state index contributed by atoms with van der Waals surface area (Å²) < 4.78 is 92.1. The molecule has 0 aliphatic heterocycles. The van der Waals surface area contributed by atoms with Crippen LogP contribution in [0.5, 0.6) is 0 Å². The van der Waals surface area contributed by atoms with E-state index in [1.165, 1.54) is 87.1 Å². The number of aromatic amines is 1. The quantitative estimate of drug-likeness (QED) is 0.0151. The number of H-pyrrole nitrogens is 1. The molecule has 15 N–H and O–H groups in total. The fraction of sp³-hybridized carbons (Fsp3) is 0.316. The number of fused-ring (bicyclic) bond motifs is 2. The lowest BCUT2D eigenvalue weighted by Crippen LogP contribution is -2.67. The first-order valence-corrected chi connectivity index (χ1v) is 38.3. The third-order valence-corrected chi connectivity index (χ3v) is 18.4. The van der Waals surface area contributed by atoms with Crippen molar-refractivity contribution in [2.45, 2.75) is 44.1 Å². The molecular weight excluding hydrogens is 1670 g/mol. The van der Waals surface area contributed by atoms with Crippen molar-refractivity contribution in [3.8, 4) is 0 Å². The van der Waals surface area contributed by atoms with Crippen LogP contribution in [0.15, 0.2) is 135 Å². The molecule has 126 heavy (non-hydrogen) atoms. The van der Waals surface area contributed by atoms with E-state index in [1.807, 2.05) is 24.3 Å². The smallest absolute Gasteiger partial charge is 0.430 e. The van der Waals surface area contributed by atoms with Gasteiger partial charge in [-0.05, 0) is 55.3 Å². The largest absolute Gasteiger partial charge is 0.542 e. The van der Waals surface area contributed by atoms with Crippen LogP contribution < -0.4 is 79.4 Å². The van der Waals surface area contributed by atoms with Gasteiger partial charge >= 0.3 is 12.4 Å². The van der Waals surface area contributed by atoms with Gasteiger partial charge in [-0.2, -0.15) is 26.3 Å².